The summed E-state index contributed by atoms with van der Waals surface area (Å²) in [4.78, 5) is 29.0. The van der Waals surface area contributed by atoms with Gasteiger partial charge in [-0.1, -0.05) is 74.4 Å². The Morgan fingerprint density at radius 2 is 1.85 bits per heavy atom. The fourth-order valence-electron chi connectivity index (χ4n) is 4.08. The van der Waals surface area contributed by atoms with Crippen LogP contribution in [0.1, 0.15) is 50.7 Å². The molecule has 0 aliphatic heterocycles. The van der Waals surface area contributed by atoms with Gasteiger partial charge in [-0.25, -0.2) is 4.79 Å². The van der Waals surface area contributed by atoms with Crippen molar-refractivity contribution < 1.29 is 14.6 Å². The van der Waals surface area contributed by atoms with Crippen molar-refractivity contribution in [1.29, 1.82) is 0 Å². The monoisotopic (exact) mass is 485 g/mol. The van der Waals surface area contributed by atoms with Crippen molar-refractivity contribution >= 4 is 27.6 Å². The maximum absolute atomic E-state index is 13.0. The van der Waals surface area contributed by atoms with Crippen LogP contribution in [0.3, 0.4) is 0 Å². The maximum atomic E-state index is 13.0. The van der Waals surface area contributed by atoms with E-state index in [0.717, 1.165) is 52.8 Å². The molecule has 8 heteroatoms. The van der Waals surface area contributed by atoms with E-state index >= 15 is 0 Å². The molecule has 3 rings (SSSR count). The summed E-state index contributed by atoms with van der Waals surface area (Å²) < 4.78 is 6.34. The van der Waals surface area contributed by atoms with Gasteiger partial charge in [0.2, 0.25) is 0 Å². The van der Waals surface area contributed by atoms with Crippen molar-refractivity contribution in [2.45, 2.75) is 58.6 Å². The first-order valence-corrected chi connectivity index (χ1v) is 12.9. The van der Waals surface area contributed by atoms with Crippen molar-refractivity contribution in [3.05, 3.63) is 63.3 Å². The van der Waals surface area contributed by atoms with Gasteiger partial charge in [0, 0.05) is 25.7 Å². The quantitative estimate of drug-likeness (QED) is 0.315. The summed E-state index contributed by atoms with van der Waals surface area (Å²) in [6.07, 6.45) is 4.67. The van der Waals surface area contributed by atoms with Crippen LogP contribution in [-0.2, 0) is 17.8 Å². The highest BCUT2D eigenvalue weighted by Crippen LogP contribution is 2.28. The minimum atomic E-state index is -0.356. The molecule has 0 bridgehead atoms. The Morgan fingerprint density at radius 1 is 1.12 bits per heavy atom. The number of aromatic amines is 1. The number of rotatable bonds is 13. The van der Waals surface area contributed by atoms with Gasteiger partial charge in [0.25, 0.3) is 0 Å². The number of carbonyl (C=O) groups excluding carboxylic acids is 1. The minimum absolute atomic E-state index is 0.0540. The number of nitrogens with zero attached hydrogens (tertiary/aromatic N) is 1. The van der Waals surface area contributed by atoms with Crippen LogP contribution in [0.2, 0.25) is 0 Å². The molecule has 34 heavy (non-hydrogen) atoms. The molecule has 0 atom stereocenters. The number of phenolic OH excluding ortho intramolecular Hbond substituents is 1. The molecule has 0 fully saturated rings. The van der Waals surface area contributed by atoms with Gasteiger partial charge in [-0.15, -0.1) is 0 Å². The first kappa shape index (κ1) is 25.8. The third kappa shape index (κ3) is 7.33. The molecule has 1 heterocycles. The lowest BCUT2D eigenvalue weighted by atomic mass is 10.1. The Morgan fingerprint density at radius 3 is 2.56 bits per heavy atom. The highest BCUT2D eigenvalue weighted by molar-refractivity contribution is 7.16. The molecule has 3 N–H and O–H groups in total. The topological polar surface area (TPSA) is 94.7 Å². The van der Waals surface area contributed by atoms with Crippen molar-refractivity contribution in [3.8, 4) is 5.75 Å². The standard InChI is InChI=1S/C26H35N3O4S/c1-3-8-21(9-4-2)27-15-17-29(26(32)33-18-19-10-6-5-7-11-19)16-14-20-12-13-22(30)23-24(20)34-25(31)28-23/h5-7,10-13,21,27,30H,3-4,8-9,14-18H2,1-2H3,(H,28,31). The zero-order valence-corrected chi connectivity index (χ0v) is 20.8. The van der Waals surface area contributed by atoms with Gasteiger partial charge in [-0.05, 0) is 36.5 Å². The predicted molar refractivity (Wildman–Crippen MR) is 138 cm³/mol. The zero-order valence-electron chi connectivity index (χ0n) is 20.0. The van der Waals surface area contributed by atoms with Gasteiger partial charge >= 0.3 is 11.0 Å². The minimum Gasteiger partial charge on any atom is -0.506 e. The predicted octanol–water partition coefficient (Wildman–Crippen LogP) is 5.03. The summed E-state index contributed by atoms with van der Waals surface area (Å²) in [7, 11) is 0. The molecule has 3 aromatic rings. The van der Waals surface area contributed by atoms with E-state index in [1.165, 1.54) is 0 Å². The molecule has 0 radical (unpaired) electrons. The van der Waals surface area contributed by atoms with Crippen LogP contribution in [0.4, 0.5) is 4.79 Å². The van der Waals surface area contributed by atoms with Crippen LogP contribution in [0.15, 0.2) is 47.3 Å². The largest absolute Gasteiger partial charge is 0.506 e. The number of fused-ring (bicyclic) bond motifs is 1. The van der Waals surface area contributed by atoms with E-state index in [2.05, 4.69) is 24.1 Å². The Hall–Kier alpha value is -2.84. The molecule has 0 aliphatic carbocycles. The van der Waals surface area contributed by atoms with Gasteiger partial charge < -0.3 is 25.0 Å². The number of benzene rings is 2. The van der Waals surface area contributed by atoms with Crippen LogP contribution in [-0.4, -0.2) is 46.8 Å². The Balaban J connectivity index is 1.67. The first-order chi connectivity index (χ1) is 16.5. The van der Waals surface area contributed by atoms with Gasteiger partial charge in [-0.2, -0.15) is 0 Å². The van der Waals surface area contributed by atoms with E-state index in [9.17, 15) is 14.7 Å². The van der Waals surface area contributed by atoms with E-state index in [1.54, 1.807) is 11.0 Å². The van der Waals surface area contributed by atoms with Crippen molar-refractivity contribution in [3.63, 3.8) is 0 Å². The molecule has 1 amide bonds. The van der Waals surface area contributed by atoms with Crippen LogP contribution >= 0.6 is 11.3 Å². The fourth-order valence-corrected chi connectivity index (χ4v) is 4.98. The molecule has 0 spiro atoms. The lowest BCUT2D eigenvalue weighted by molar-refractivity contribution is 0.0964. The number of ether oxygens (including phenoxy) is 1. The Kier molecular flexibility index (Phi) is 9.97. The number of thiazole rings is 1. The summed E-state index contributed by atoms with van der Waals surface area (Å²) in [6.45, 7) is 6.26. The van der Waals surface area contributed by atoms with E-state index in [4.69, 9.17) is 4.74 Å². The second-order valence-electron chi connectivity index (χ2n) is 8.47. The molecule has 0 saturated heterocycles. The number of nitrogens with one attached hydrogen (secondary N) is 2. The maximum Gasteiger partial charge on any atom is 0.410 e. The second-order valence-corrected chi connectivity index (χ2v) is 9.45. The number of aromatic hydroxyl groups is 1. The van der Waals surface area contributed by atoms with E-state index in [0.29, 0.717) is 37.6 Å². The lowest BCUT2D eigenvalue weighted by Crippen LogP contribution is -2.41. The van der Waals surface area contributed by atoms with Crippen molar-refractivity contribution in [2.24, 2.45) is 0 Å². The number of H-pyrrole nitrogens is 1. The van der Waals surface area contributed by atoms with Gasteiger partial charge in [-0.3, -0.25) is 4.79 Å². The fraction of sp³-hybridized carbons (Fsp3) is 0.462. The summed E-state index contributed by atoms with van der Waals surface area (Å²) >= 11 is 1.08. The van der Waals surface area contributed by atoms with E-state index in [-0.39, 0.29) is 23.3 Å². The van der Waals surface area contributed by atoms with E-state index < -0.39 is 0 Å². The number of phenols is 1. The van der Waals surface area contributed by atoms with E-state index in [1.807, 2.05) is 36.4 Å². The Labute approximate surface area is 204 Å². The first-order valence-electron chi connectivity index (χ1n) is 12.0. The third-order valence-electron chi connectivity index (χ3n) is 5.84. The average Bonchev–Trinajstić information content (AvgIpc) is 3.24. The smallest absolute Gasteiger partial charge is 0.410 e. The molecule has 184 valence electrons. The number of carbonyl (C=O) groups is 1. The van der Waals surface area contributed by atoms with Crippen LogP contribution in [0.25, 0.3) is 10.2 Å². The number of hydrogen-bond donors (Lipinski definition) is 3. The van der Waals surface area contributed by atoms with Crippen LogP contribution in [0, 0.1) is 0 Å². The zero-order chi connectivity index (χ0) is 24.3. The number of hydrogen-bond acceptors (Lipinski definition) is 6. The summed E-state index contributed by atoms with van der Waals surface area (Å²) in [5.41, 5.74) is 2.31. The lowest BCUT2D eigenvalue weighted by Gasteiger charge is -2.24. The molecular formula is C26H35N3O4S. The van der Waals surface area contributed by atoms with Crippen LogP contribution in [0.5, 0.6) is 5.75 Å². The molecule has 0 unspecified atom stereocenters. The summed E-state index contributed by atoms with van der Waals surface area (Å²) in [5.74, 6) is 0.0540. The Bertz CT molecular complexity index is 1090. The number of amides is 1. The van der Waals surface area contributed by atoms with Gasteiger partial charge in [0.1, 0.15) is 17.9 Å². The molecule has 1 aromatic heterocycles. The number of aromatic nitrogens is 1. The highest BCUT2D eigenvalue weighted by atomic mass is 32.1. The van der Waals surface area contributed by atoms with Crippen molar-refractivity contribution in [1.82, 2.24) is 15.2 Å². The average molecular weight is 486 g/mol. The van der Waals surface area contributed by atoms with Gasteiger partial charge in [0.15, 0.2) is 0 Å². The highest BCUT2D eigenvalue weighted by Gasteiger charge is 2.18. The van der Waals surface area contributed by atoms with Gasteiger partial charge in [0.05, 0.1) is 4.70 Å². The normalized spacial score (nSPS) is 11.3. The molecule has 7 nitrogen and oxygen atoms in total. The van der Waals surface area contributed by atoms with Crippen LogP contribution < -0.4 is 10.2 Å². The summed E-state index contributed by atoms with van der Waals surface area (Å²) in [6, 6.07) is 13.5. The molecule has 0 aliphatic rings. The molecular weight excluding hydrogens is 450 g/mol. The molecule has 0 saturated carbocycles. The molecule has 2 aromatic carbocycles. The third-order valence-corrected chi connectivity index (χ3v) is 6.80. The SMILES string of the molecule is CCCC(CCC)NCCN(CCc1ccc(O)c2[nH]c(=O)sc12)C(=O)OCc1ccccc1. The van der Waals surface area contributed by atoms with Crippen molar-refractivity contribution in [2.75, 3.05) is 19.6 Å². The second kappa shape index (κ2) is 13.2. The summed E-state index contributed by atoms with van der Waals surface area (Å²) in [5, 5.41) is 13.6.